The molecule has 1 saturated heterocycles. The summed E-state index contributed by atoms with van der Waals surface area (Å²) >= 11 is 0. The van der Waals surface area contributed by atoms with E-state index < -0.39 is 12.1 Å². The number of carboxylic acid groups (broad SMARTS) is 1. The van der Waals surface area contributed by atoms with E-state index in [-0.39, 0.29) is 11.6 Å². The zero-order valence-electron chi connectivity index (χ0n) is 17.0. The van der Waals surface area contributed by atoms with Gasteiger partial charge in [-0.15, -0.1) is 0 Å². The van der Waals surface area contributed by atoms with Crippen molar-refractivity contribution in [3.8, 4) is 0 Å². The first-order valence-corrected chi connectivity index (χ1v) is 9.28. The van der Waals surface area contributed by atoms with Gasteiger partial charge in [-0.1, -0.05) is 11.6 Å². The Bertz CT molecular complexity index is 991. The lowest BCUT2D eigenvalue weighted by Crippen LogP contribution is -2.44. The normalized spacial score (nSPS) is 16.8. The number of rotatable bonds is 3. The van der Waals surface area contributed by atoms with Gasteiger partial charge in [0.25, 0.3) is 5.56 Å². The molecular weight excluding hydrogens is 405 g/mol. The molecule has 0 amide bonds. The number of halogens is 3. The van der Waals surface area contributed by atoms with Gasteiger partial charge in [0.05, 0.1) is 6.20 Å². The maximum Gasteiger partial charge on any atom is 0.490 e. The van der Waals surface area contributed by atoms with Gasteiger partial charge in [-0.25, -0.2) is 14.5 Å². The van der Waals surface area contributed by atoms with Gasteiger partial charge in [-0.2, -0.15) is 18.3 Å². The first kappa shape index (κ1) is 23.4. The fraction of sp³-hybridized carbons (Fsp3) is 0.556. The molecule has 1 aliphatic rings. The lowest BCUT2D eigenvalue weighted by Gasteiger charge is -2.31. The number of aliphatic carboxylic acids is 1. The number of hydrogen-bond acceptors (Lipinski definition) is 6. The smallest absolute Gasteiger partial charge is 0.475 e. The number of nitrogens with zero attached hydrogens (tertiary/aromatic N) is 5. The highest BCUT2D eigenvalue weighted by molar-refractivity contribution is 5.77. The topological polar surface area (TPSA) is 119 Å². The maximum absolute atomic E-state index is 12.5. The van der Waals surface area contributed by atoms with Gasteiger partial charge in [-0.3, -0.25) is 4.79 Å². The Kier molecular flexibility index (Phi) is 7.24. The quantitative estimate of drug-likeness (QED) is 0.711. The second-order valence-electron chi connectivity index (χ2n) is 7.26. The number of aromatic nitrogens is 4. The molecule has 3 heterocycles. The van der Waals surface area contributed by atoms with Crippen LogP contribution in [0, 0.1) is 0 Å². The van der Waals surface area contributed by atoms with E-state index in [1.807, 2.05) is 4.57 Å². The second kappa shape index (κ2) is 9.28. The molecule has 0 saturated carbocycles. The van der Waals surface area contributed by atoms with Crippen molar-refractivity contribution < 1.29 is 23.1 Å². The molecule has 0 spiro atoms. The predicted molar refractivity (Wildman–Crippen MR) is 105 cm³/mol. The van der Waals surface area contributed by atoms with Gasteiger partial charge in [0.2, 0.25) is 5.95 Å². The minimum atomic E-state index is -5.08. The van der Waals surface area contributed by atoms with E-state index in [1.54, 1.807) is 13.2 Å². The third kappa shape index (κ3) is 5.59. The van der Waals surface area contributed by atoms with Gasteiger partial charge in [-0.05, 0) is 26.7 Å². The Morgan fingerprint density at radius 1 is 1.40 bits per heavy atom. The summed E-state index contributed by atoms with van der Waals surface area (Å²) in [4.78, 5) is 28.3. The van der Waals surface area contributed by atoms with Crippen LogP contribution in [0.1, 0.15) is 26.7 Å². The molecule has 12 heteroatoms. The SMILES string of the molecule is CC(C)=CCn1c(N2CCCC(N)C2)nc2cnn(C)c(=O)c21.O=C(O)C(F)(F)F. The number of imidazole rings is 1. The van der Waals surface area contributed by atoms with Crippen molar-refractivity contribution in [2.75, 3.05) is 18.0 Å². The van der Waals surface area contributed by atoms with Crippen LogP contribution in [0.3, 0.4) is 0 Å². The molecule has 1 unspecified atom stereocenters. The summed E-state index contributed by atoms with van der Waals surface area (Å²) in [5, 5.41) is 11.2. The van der Waals surface area contributed by atoms with Crippen LogP contribution >= 0.6 is 0 Å². The molecule has 30 heavy (non-hydrogen) atoms. The molecule has 1 atom stereocenters. The van der Waals surface area contributed by atoms with Crippen LogP contribution in [0.15, 0.2) is 22.6 Å². The zero-order valence-corrected chi connectivity index (χ0v) is 17.0. The van der Waals surface area contributed by atoms with Crippen molar-refractivity contribution in [2.24, 2.45) is 12.8 Å². The average molecular weight is 430 g/mol. The lowest BCUT2D eigenvalue weighted by atomic mass is 10.1. The monoisotopic (exact) mass is 430 g/mol. The van der Waals surface area contributed by atoms with E-state index in [0.29, 0.717) is 17.6 Å². The third-order valence-corrected chi connectivity index (χ3v) is 4.49. The van der Waals surface area contributed by atoms with Crippen molar-refractivity contribution in [2.45, 2.75) is 45.5 Å². The molecule has 2 aromatic rings. The van der Waals surface area contributed by atoms with Crippen LogP contribution < -0.4 is 16.2 Å². The van der Waals surface area contributed by atoms with Gasteiger partial charge in [0.15, 0.2) is 0 Å². The number of nitrogens with two attached hydrogens (primary N) is 1. The number of hydrogen-bond donors (Lipinski definition) is 2. The summed E-state index contributed by atoms with van der Waals surface area (Å²) in [6.07, 6.45) is 0.759. The minimum absolute atomic E-state index is 0.121. The Morgan fingerprint density at radius 2 is 2.03 bits per heavy atom. The van der Waals surface area contributed by atoms with Crippen LogP contribution in [-0.2, 0) is 18.4 Å². The maximum atomic E-state index is 12.5. The first-order valence-electron chi connectivity index (χ1n) is 9.28. The number of fused-ring (bicyclic) bond motifs is 1. The van der Waals surface area contributed by atoms with Gasteiger partial charge < -0.3 is 20.3 Å². The third-order valence-electron chi connectivity index (χ3n) is 4.49. The van der Waals surface area contributed by atoms with E-state index in [2.05, 4.69) is 34.9 Å². The minimum Gasteiger partial charge on any atom is -0.475 e. The fourth-order valence-electron chi connectivity index (χ4n) is 3.00. The highest BCUT2D eigenvalue weighted by atomic mass is 19.4. The van der Waals surface area contributed by atoms with Crippen molar-refractivity contribution in [3.63, 3.8) is 0 Å². The number of carbonyl (C=O) groups is 1. The molecule has 0 radical (unpaired) electrons. The summed E-state index contributed by atoms with van der Waals surface area (Å²) in [6.45, 7) is 6.41. The summed E-state index contributed by atoms with van der Waals surface area (Å²) in [7, 11) is 1.66. The fourth-order valence-corrected chi connectivity index (χ4v) is 3.00. The lowest BCUT2D eigenvalue weighted by molar-refractivity contribution is -0.192. The number of piperidine rings is 1. The molecule has 3 N–H and O–H groups in total. The predicted octanol–water partition coefficient (Wildman–Crippen LogP) is 1.66. The highest BCUT2D eigenvalue weighted by Gasteiger charge is 2.38. The highest BCUT2D eigenvalue weighted by Crippen LogP contribution is 2.23. The molecule has 1 fully saturated rings. The molecule has 0 aliphatic carbocycles. The van der Waals surface area contributed by atoms with E-state index in [0.717, 1.165) is 31.9 Å². The summed E-state index contributed by atoms with van der Waals surface area (Å²) in [6, 6.07) is 0.154. The number of anilines is 1. The number of alkyl halides is 3. The number of carboxylic acids is 1. The Morgan fingerprint density at radius 3 is 2.57 bits per heavy atom. The van der Waals surface area contributed by atoms with Gasteiger partial charge in [0.1, 0.15) is 11.0 Å². The van der Waals surface area contributed by atoms with Crippen LogP contribution in [0.2, 0.25) is 0 Å². The Balaban J connectivity index is 0.000000396. The number of allylic oxidation sites excluding steroid dienone is 2. The summed E-state index contributed by atoms with van der Waals surface area (Å²) in [5.41, 5.74) is 8.45. The average Bonchev–Trinajstić information content (AvgIpc) is 3.02. The Labute approximate surface area is 170 Å². The van der Waals surface area contributed by atoms with E-state index >= 15 is 0 Å². The summed E-state index contributed by atoms with van der Waals surface area (Å²) < 4.78 is 35.1. The van der Waals surface area contributed by atoms with Crippen molar-refractivity contribution in [1.82, 2.24) is 19.3 Å². The first-order chi connectivity index (χ1) is 13.9. The molecule has 0 aromatic carbocycles. The van der Waals surface area contributed by atoms with Crippen LogP contribution in [0.5, 0.6) is 0 Å². The van der Waals surface area contributed by atoms with Crippen LogP contribution in [-0.4, -0.2) is 55.7 Å². The number of aryl methyl sites for hydroxylation is 1. The molecule has 166 valence electrons. The zero-order chi connectivity index (χ0) is 22.6. The van der Waals surface area contributed by atoms with E-state index in [9.17, 15) is 18.0 Å². The van der Waals surface area contributed by atoms with Crippen molar-refractivity contribution in [3.05, 3.63) is 28.2 Å². The molecule has 3 rings (SSSR count). The Hall–Kier alpha value is -2.89. The van der Waals surface area contributed by atoms with Crippen molar-refractivity contribution >= 4 is 23.0 Å². The standard InChI is InChI=1S/C16H24N6O.C2HF3O2/c1-11(2)6-8-22-14-13(9-18-20(3)15(14)23)19-16(22)21-7-4-5-12(17)10-21;3-2(4,5)1(6)7/h6,9,12H,4-5,7-8,10,17H2,1-3H3;(H,6,7). The molecular formula is C18H25F3N6O3. The second-order valence-corrected chi connectivity index (χ2v) is 7.26. The van der Waals surface area contributed by atoms with Gasteiger partial charge >= 0.3 is 12.1 Å². The van der Waals surface area contributed by atoms with Crippen molar-refractivity contribution in [1.29, 1.82) is 0 Å². The van der Waals surface area contributed by atoms with Crippen LogP contribution in [0.25, 0.3) is 11.0 Å². The van der Waals surface area contributed by atoms with E-state index in [4.69, 9.17) is 15.6 Å². The van der Waals surface area contributed by atoms with Crippen LogP contribution in [0.4, 0.5) is 19.1 Å². The summed E-state index contributed by atoms with van der Waals surface area (Å²) in [5.74, 6) is -1.94. The largest absolute Gasteiger partial charge is 0.490 e. The van der Waals surface area contributed by atoms with E-state index in [1.165, 1.54) is 10.3 Å². The molecule has 9 nitrogen and oxygen atoms in total. The molecule has 2 aromatic heterocycles. The molecule has 1 aliphatic heterocycles. The van der Waals surface area contributed by atoms with Gasteiger partial charge in [0, 0.05) is 32.7 Å². The molecule has 0 bridgehead atoms.